The molecule has 1 aromatic carbocycles. The first-order valence-electron chi connectivity index (χ1n) is 6.46. The van der Waals surface area contributed by atoms with Crippen LogP contribution in [0.15, 0.2) is 18.2 Å². The Morgan fingerprint density at radius 1 is 1.35 bits per heavy atom. The Morgan fingerprint density at radius 3 is 2.76 bits per heavy atom. The molecule has 1 aliphatic rings. The lowest BCUT2D eigenvalue weighted by atomic mass is 10.1. The summed E-state index contributed by atoms with van der Waals surface area (Å²) in [7, 11) is 0. The molecule has 1 aromatic rings. The molecule has 0 spiro atoms. The maximum Gasteiger partial charge on any atom is 0.122 e. The lowest BCUT2D eigenvalue weighted by molar-refractivity contribution is 0.161. The molecule has 0 radical (unpaired) electrons. The van der Waals surface area contributed by atoms with E-state index in [9.17, 15) is 0 Å². The van der Waals surface area contributed by atoms with Crippen molar-refractivity contribution in [2.45, 2.75) is 32.3 Å². The Labute approximate surface area is 103 Å². The van der Waals surface area contributed by atoms with Gasteiger partial charge in [0.1, 0.15) is 11.9 Å². The number of piperidine rings is 1. The third kappa shape index (κ3) is 3.45. The van der Waals surface area contributed by atoms with Crippen molar-refractivity contribution in [3.63, 3.8) is 0 Å². The van der Waals surface area contributed by atoms with E-state index in [1.165, 1.54) is 11.1 Å². The van der Waals surface area contributed by atoms with Gasteiger partial charge >= 0.3 is 0 Å². The summed E-state index contributed by atoms with van der Waals surface area (Å²) in [5, 5.41) is 3.35. The van der Waals surface area contributed by atoms with E-state index < -0.39 is 0 Å². The van der Waals surface area contributed by atoms with E-state index in [1.807, 2.05) is 0 Å². The number of ether oxygens (including phenoxy) is 1. The van der Waals surface area contributed by atoms with Gasteiger partial charge in [-0.15, -0.1) is 0 Å². The molecular formula is C14H22N2O. The predicted octanol–water partition coefficient (Wildman–Crippen LogP) is 1.63. The minimum atomic E-state index is 0.371. The topological polar surface area (TPSA) is 47.3 Å². The summed E-state index contributed by atoms with van der Waals surface area (Å²) in [6.45, 7) is 4.94. The van der Waals surface area contributed by atoms with Gasteiger partial charge in [-0.3, -0.25) is 0 Å². The van der Waals surface area contributed by atoms with Crippen LogP contribution in [-0.4, -0.2) is 25.7 Å². The smallest absolute Gasteiger partial charge is 0.122 e. The summed E-state index contributed by atoms with van der Waals surface area (Å²) in [4.78, 5) is 0. The van der Waals surface area contributed by atoms with Crippen molar-refractivity contribution in [1.29, 1.82) is 0 Å². The van der Waals surface area contributed by atoms with Crippen LogP contribution in [0, 0.1) is 6.92 Å². The van der Waals surface area contributed by atoms with Gasteiger partial charge in [-0.05, 0) is 63.0 Å². The van der Waals surface area contributed by atoms with Crippen molar-refractivity contribution in [3.8, 4) is 5.75 Å². The van der Waals surface area contributed by atoms with E-state index in [0.717, 1.165) is 38.1 Å². The van der Waals surface area contributed by atoms with Crippen LogP contribution in [0.1, 0.15) is 24.0 Å². The van der Waals surface area contributed by atoms with Crippen molar-refractivity contribution >= 4 is 0 Å². The van der Waals surface area contributed by atoms with Crippen LogP contribution < -0.4 is 15.8 Å². The molecule has 0 aliphatic carbocycles. The number of nitrogens with one attached hydrogen (secondary N) is 1. The van der Waals surface area contributed by atoms with Crippen LogP contribution in [0.5, 0.6) is 5.75 Å². The molecule has 94 valence electrons. The lowest BCUT2D eigenvalue weighted by Crippen LogP contribution is -2.34. The molecule has 3 heteroatoms. The fourth-order valence-electron chi connectivity index (χ4n) is 2.26. The van der Waals surface area contributed by atoms with Crippen LogP contribution in [0.3, 0.4) is 0 Å². The molecule has 0 atom stereocenters. The summed E-state index contributed by atoms with van der Waals surface area (Å²) in [5.41, 5.74) is 8.07. The second-order valence-electron chi connectivity index (χ2n) is 4.71. The maximum absolute atomic E-state index is 6.05. The van der Waals surface area contributed by atoms with Gasteiger partial charge in [0.15, 0.2) is 0 Å². The van der Waals surface area contributed by atoms with E-state index in [0.29, 0.717) is 12.6 Å². The Hall–Kier alpha value is -1.06. The zero-order valence-corrected chi connectivity index (χ0v) is 10.5. The summed E-state index contributed by atoms with van der Waals surface area (Å²) < 4.78 is 6.05. The Kier molecular flexibility index (Phi) is 4.40. The van der Waals surface area contributed by atoms with Gasteiger partial charge in [0, 0.05) is 0 Å². The summed E-state index contributed by atoms with van der Waals surface area (Å²) >= 11 is 0. The average molecular weight is 234 g/mol. The normalized spacial score (nSPS) is 17.1. The fourth-order valence-corrected chi connectivity index (χ4v) is 2.26. The number of hydrogen-bond acceptors (Lipinski definition) is 3. The van der Waals surface area contributed by atoms with Gasteiger partial charge in [0.25, 0.3) is 0 Å². The van der Waals surface area contributed by atoms with Crippen molar-refractivity contribution < 1.29 is 4.74 Å². The Bertz CT molecular complexity index is 359. The molecule has 3 N–H and O–H groups in total. The minimum absolute atomic E-state index is 0.371. The van der Waals surface area contributed by atoms with E-state index in [4.69, 9.17) is 10.5 Å². The number of rotatable bonds is 4. The number of benzene rings is 1. The second kappa shape index (κ2) is 6.03. The van der Waals surface area contributed by atoms with E-state index in [1.54, 1.807) is 0 Å². The monoisotopic (exact) mass is 234 g/mol. The highest BCUT2D eigenvalue weighted by atomic mass is 16.5. The molecule has 1 saturated heterocycles. The van der Waals surface area contributed by atoms with Crippen LogP contribution in [0.25, 0.3) is 0 Å². The highest BCUT2D eigenvalue weighted by Crippen LogP contribution is 2.22. The van der Waals surface area contributed by atoms with Crippen LogP contribution in [0.2, 0.25) is 0 Å². The van der Waals surface area contributed by atoms with Crippen molar-refractivity contribution in [2.24, 2.45) is 5.73 Å². The molecule has 0 saturated carbocycles. The van der Waals surface area contributed by atoms with E-state index >= 15 is 0 Å². The standard InChI is InChI=1S/C14H22N2O/c1-11-10-12(4-7-15)2-3-14(11)17-13-5-8-16-9-6-13/h2-3,10,13,16H,4-9,15H2,1H3. The molecule has 0 amide bonds. The zero-order valence-electron chi connectivity index (χ0n) is 10.5. The lowest BCUT2D eigenvalue weighted by Gasteiger charge is -2.24. The number of aryl methyl sites for hydroxylation is 1. The quantitative estimate of drug-likeness (QED) is 0.832. The van der Waals surface area contributed by atoms with Crippen molar-refractivity contribution in [3.05, 3.63) is 29.3 Å². The third-order valence-electron chi connectivity index (χ3n) is 3.25. The van der Waals surface area contributed by atoms with E-state index in [-0.39, 0.29) is 0 Å². The molecule has 0 bridgehead atoms. The van der Waals surface area contributed by atoms with E-state index in [2.05, 4.69) is 30.4 Å². The zero-order chi connectivity index (χ0) is 12.1. The van der Waals surface area contributed by atoms with Gasteiger partial charge in [-0.2, -0.15) is 0 Å². The van der Waals surface area contributed by atoms with Crippen molar-refractivity contribution in [1.82, 2.24) is 5.32 Å². The molecule has 3 nitrogen and oxygen atoms in total. The second-order valence-corrected chi connectivity index (χ2v) is 4.71. The minimum Gasteiger partial charge on any atom is -0.490 e. The van der Waals surface area contributed by atoms with Crippen LogP contribution >= 0.6 is 0 Å². The molecule has 1 aliphatic heterocycles. The molecule has 0 aromatic heterocycles. The van der Waals surface area contributed by atoms with Gasteiger partial charge in [0.05, 0.1) is 0 Å². The summed E-state index contributed by atoms with van der Waals surface area (Å²) in [5.74, 6) is 1.03. The van der Waals surface area contributed by atoms with Gasteiger partial charge in [0.2, 0.25) is 0 Å². The molecule has 1 heterocycles. The van der Waals surface area contributed by atoms with Crippen LogP contribution in [-0.2, 0) is 6.42 Å². The van der Waals surface area contributed by atoms with Gasteiger partial charge in [-0.25, -0.2) is 0 Å². The predicted molar refractivity (Wildman–Crippen MR) is 70.5 cm³/mol. The fraction of sp³-hybridized carbons (Fsp3) is 0.571. The maximum atomic E-state index is 6.05. The number of hydrogen-bond donors (Lipinski definition) is 2. The molecule has 2 rings (SSSR count). The highest BCUT2D eigenvalue weighted by Gasteiger charge is 2.15. The first-order chi connectivity index (χ1) is 8.29. The molecule has 1 fully saturated rings. The Balaban J connectivity index is 2.00. The Morgan fingerprint density at radius 2 is 2.12 bits per heavy atom. The average Bonchev–Trinajstić information content (AvgIpc) is 2.34. The first kappa shape index (κ1) is 12.4. The largest absolute Gasteiger partial charge is 0.490 e. The molecular weight excluding hydrogens is 212 g/mol. The summed E-state index contributed by atoms with van der Waals surface area (Å²) in [6, 6.07) is 6.39. The molecule has 0 unspecified atom stereocenters. The first-order valence-corrected chi connectivity index (χ1v) is 6.46. The van der Waals surface area contributed by atoms with Gasteiger partial charge in [-0.1, -0.05) is 12.1 Å². The summed E-state index contributed by atoms with van der Waals surface area (Å²) in [6.07, 6.45) is 3.51. The van der Waals surface area contributed by atoms with Crippen LogP contribution in [0.4, 0.5) is 0 Å². The van der Waals surface area contributed by atoms with Crippen molar-refractivity contribution in [2.75, 3.05) is 19.6 Å². The SMILES string of the molecule is Cc1cc(CCN)ccc1OC1CCNCC1. The molecule has 17 heavy (non-hydrogen) atoms. The number of nitrogens with two attached hydrogens (primary N) is 1. The third-order valence-corrected chi connectivity index (χ3v) is 3.25. The highest BCUT2D eigenvalue weighted by molar-refractivity contribution is 5.36. The van der Waals surface area contributed by atoms with Gasteiger partial charge < -0.3 is 15.8 Å².